The fraction of sp³-hybridized carbons (Fsp3) is 0.400. The average molecular weight is 112 g/mol. The van der Waals surface area contributed by atoms with E-state index in [9.17, 15) is 4.79 Å². The number of carbonyl (C=O) groups is 1. The third-order valence-electron chi connectivity index (χ3n) is 1.18. The summed E-state index contributed by atoms with van der Waals surface area (Å²) >= 11 is 0. The van der Waals surface area contributed by atoms with Crippen LogP contribution in [0.25, 0.3) is 0 Å². The Bertz CT molecular complexity index is 161. The zero-order valence-corrected chi connectivity index (χ0v) is 4.03. The van der Waals surface area contributed by atoms with Crippen molar-refractivity contribution in [3.63, 3.8) is 0 Å². The molecule has 42 valence electrons. The van der Waals surface area contributed by atoms with Gasteiger partial charge in [-0.05, 0) is 6.08 Å². The zero-order chi connectivity index (χ0) is 5.56. The molecule has 3 heteroatoms. The first kappa shape index (κ1) is 4.09. The van der Waals surface area contributed by atoms with Crippen LogP contribution in [-0.4, -0.2) is 18.7 Å². The largest absolute Gasteiger partial charge is 0.459 e. The Morgan fingerprint density at radius 3 is 3.00 bits per heavy atom. The first-order chi connectivity index (χ1) is 3.90. The molecule has 8 heavy (non-hydrogen) atoms. The van der Waals surface area contributed by atoms with E-state index >= 15 is 0 Å². The predicted octanol–water partition coefficient (Wildman–Crippen LogP) is -0.176. The number of hydrogen-bond donors (Lipinski definition) is 0. The summed E-state index contributed by atoms with van der Waals surface area (Å²) in [5.74, 6) is 0.409. The van der Waals surface area contributed by atoms with Gasteiger partial charge in [-0.25, -0.2) is 0 Å². The summed E-state index contributed by atoms with van der Waals surface area (Å²) in [7, 11) is 0. The van der Waals surface area contributed by atoms with Crippen LogP contribution in [0.2, 0.25) is 0 Å². The smallest absolute Gasteiger partial charge is 0.231 e. The Labute approximate surface area is 45.9 Å². The Hall–Kier alpha value is -0.830. The Morgan fingerprint density at radius 2 is 2.62 bits per heavy atom. The van der Waals surface area contributed by atoms with Crippen molar-refractivity contribution in [3.05, 3.63) is 11.8 Å². The van der Waals surface area contributed by atoms with Crippen molar-refractivity contribution in [2.24, 2.45) is 0 Å². The third kappa shape index (κ3) is 0.391. The number of fused-ring (bicyclic) bond motifs is 1. The van der Waals surface area contributed by atoms with Crippen molar-refractivity contribution >= 4 is 6.29 Å². The van der Waals surface area contributed by atoms with Gasteiger partial charge in [0.1, 0.15) is 6.10 Å². The Kier molecular flexibility index (Phi) is 0.569. The van der Waals surface area contributed by atoms with Crippen molar-refractivity contribution in [3.8, 4) is 0 Å². The summed E-state index contributed by atoms with van der Waals surface area (Å²) in [6.45, 7) is 0. The molecule has 0 radical (unpaired) electrons. The molecule has 0 aromatic carbocycles. The van der Waals surface area contributed by atoms with Crippen molar-refractivity contribution in [2.45, 2.75) is 12.4 Å². The highest BCUT2D eigenvalue weighted by molar-refractivity contribution is 5.71. The fourth-order valence-electron chi connectivity index (χ4n) is 0.725. The van der Waals surface area contributed by atoms with Gasteiger partial charge in [0.15, 0.2) is 12.0 Å². The van der Waals surface area contributed by atoms with Gasteiger partial charge in [0, 0.05) is 0 Å². The number of allylic oxidation sites excluding steroid dienone is 1. The van der Waals surface area contributed by atoms with Gasteiger partial charge in [-0.1, -0.05) is 0 Å². The maximum absolute atomic E-state index is 9.92. The molecule has 0 N–H and O–H groups in total. The number of aldehydes is 1. The summed E-state index contributed by atoms with van der Waals surface area (Å²) < 4.78 is 9.68. The van der Waals surface area contributed by atoms with Gasteiger partial charge in [0.2, 0.25) is 6.29 Å². The van der Waals surface area contributed by atoms with Gasteiger partial charge in [-0.3, -0.25) is 4.79 Å². The van der Waals surface area contributed by atoms with E-state index in [0.29, 0.717) is 12.0 Å². The number of rotatable bonds is 1. The number of carbonyl (C=O) groups excluding carboxylic acids is 1. The van der Waals surface area contributed by atoms with Crippen LogP contribution in [0.15, 0.2) is 11.8 Å². The number of ether oxygens (including phenoxy) is 2. The van der Waals surface area contributed by atoms with Crippen molar-refractivity contribution in [1.29, 1.82) is 0 Å². The molecule has 3 nitrogen and oxygen atoms in total. The van der Waals surface area contributed by atoms with Crippen molar-refractivity contribution in [1.82, 2.24) is 0 Å². The highest BCUT2D eigenvalue weighted by Crippen LogP contribution is 2.33. The molecular formula is C5H4O3. The van der Waals surface area contributed by atoms with Crippen molar-refractivity contribution < 1.29 is 14.3 Å². The summed E-state index contributed by atoms with van der Waals surface area (Å²) in [6, 6.07) is 0. The van der Waals surface area contributed by atoms with Gasteiger partial charge in [0.25, 0.3) is 0 Å². The minimum absolute atomic E-state index is 0.0789. The van der Waals surface area contributed by atoms with E-state index in [1.54, 1.807) is 6.08 Å². The van der Waals surface area contributed by atoms with Crippen LogP contribution in [0.3, 0.4) is 0 Å². The lowest BCUT2D eigenvalue weighted by Crippen LogP contribution is -1.90. The number of hydrogen-bond acceptors (Lipinski definition) is 3. The highest BCUT2D eigenvalue weighted by Gasteiger charge is 2.45. The summed E-state index contributed by atoms with van der Waals surface area (Å²) in [5.41, 5.74) is 0. The highest BCUT2D eigenvalue weighted by atomic mass is 16.8. The Balaban J connectivity index is 2.17. The molecule has 0 amide bonds. The van der Waals surface area contributed by atoms with Crippen LogP contribution >= 0.6 is 0 Å². The number of epoxide rings is 1. The van der Waals surface area contributed by atoms with E-state index in [1.807, 2.05) is 0 Å². The maximum Gasteiger partial charge on any atom is 0.231 e. The molecule has 0 spiro atoms. The minimum atomic E-state index is -0.129. The molecule has 1 fully saturated rings. The second-order valence-electron chi connectivity index (χ2n) is 1.77. The molecule has 0 bridgehead atoms. The van der Waals surface area contributed by atoms with Gasteiger partial charge >= 0.3 is 0 Å². The molecule has 2 atom stereocenters. The van der Waals surface area contributed by atoms with Gasteiger partial charge < -0.3 is 9.47 Å². The van der Waals surface area contributed by atoms with E-state index in [-0.39, 0.29) is 12.4 Å². The molecule has 2 aliphatic heterocycles. The van der Waals surface area contributed by atoms with E-state index < -0.39 is 0 Å². The molecule has 1 saturated heterocycles. The second-order valence-corrected chi connectivity index (χ2v) is 1.77. The SMILES string of the molecule is O=CC1=CC2OC2O1. The first-order valence-corrected chi connectivity index (χ1v) is 2.39. The molecule has 2 unspecified atom stereocenters. The predicted molar refractivity (Wildman–Crippen MR) is 23.9 cm³/mol. The third-order valence-corrected chi connectivity index (χ3v) is 1.18. The van der Waals surface area contributed by atoms with Gasteiger partial charge in [0.05, 0.1) is 0 Å². The molecular weight excluding hydrogens is 108 g/mol. The molecule has 2 heterocycles. The Morgan fingerprint density at radius 1 is 1.75 bits per heavy atom. The van der Waals surface area contributed by atoms with Crippen LogP contribution in [0.4, 0.5) is 0 Å². The fourth-order valence-corrected chi connectivity index (χ4v) is 0.725. The lowest BCUT2D eigenvalue weighted by Gasteiger charge is -1.92. The van der Waals surface area contributed by atoms with Crippen LogP contribution in [0.1, 0.15) is 0 Å². The van der Waals surface area contributed by atoms with E-state index in [0.717, 1.165) is 0 Å². The normalized spacial score (nSPS) is 39.8. The molecule has 0 saturated carbocycles. The van der Waals surface area contributed by atoms with E-state index in [4.69, 9.17) is 9.47 Å². The summed E-state index contributed by atoms with van der Waals surface area (Å²) in [6.07, 6.45) is 2.32. The monoisotopic (exact) mass is 112 g/mol. The van der Waals surface area contributed by atoms with Crippen LogP contribution < -0.4 is 0 Å². The van der Waals surface area contributed by atoms with Crippen LogP contribution in [0.5, 0.6) is 0 Å². The maximum atomic E-state index is 9.92. The average Bonchev–Trinajstić information content (AvgIpc) is 2.40. The molecule has 2 rings (SSSR count). The van der Waals surface area contributed by atoms with Crippen molar-refractivity contribution in [2.75, 3.05) is 0 Å². The minimum Gasteiger partial charge on any atom is -0.459 e. The van der Waals surface area contributed by atoms with E-state index in [1.165, 1.54) is 0 Å². The topological polar surface area (TPSA) is 38.8 Å². The van der Waals surface area contributed by atoms with Gasteiger partial charge in [-0.2, -0.15) is 0 Å². The summed E-state index contributed by atoms with van der Waals surface area (Å²) in [4.78, 5) is 9.92. The standard InChI is InChI=1S/C5H4O3/c6-2-3-1-4-5(7-3)8-4/h1-2,4-5H. The first-order valence-electron chi connectivity index (χ1n) is 2.39. The molecule has 0 aromatic rings. The quantitative estimate of drug-likeness (QED) is 0.349. The molecule has 2 aliphatic rings. The lowest BCUT2D eigenvalue weighted by molar-refractivity contribution is -0.108. The lowest BCUT2D eigenvalue weighted by atomic mass is 10.4. The van der Waals surface area contributed by atoms with E-state index in [2.05, 4.69) is 0 Å². The zero-order valence-electron chi connectivity index (χ0n) is 4.03. The van der Waals surface area contributed by atoms with Crippen LogP contribution in [0, 0.1) is 0 Å². The molecule has 0 aromatic heterocycles. The second kappa shape index (κ2) is 1.11. The van der Waals surface area contributed by atoms with Gasteiger partial charge in [-0.15, -0.1) is 0 Å². The summed E-state index contributed by atoms with van der Waals surface area (Å²) in [5, 5.41) is 0. The molecule has 0 aliphatic carbocycles. The van der Waals surface area contributed by atoms with Crippen LogP contribution in [-0.2, 0) is 14.3 Å².